The molecule has 0 unspecified atom stereocenters. The molecule has 0 aromatic rings. The zero-order valence-electron chi connectivity index (χ0n) is 5.98. The lowest BCUT2D eigenvalue weighted by atomic mass is 10.2. The van der Waals surface area contributed by atoms with Gasteiger partial charge in [0.2, 0.25) is 0 Å². The minimum absolute atomic E-state index is 3.52. The van der Waals surface area contributed by atoms with E-state index in [0.29, 0.717) is 0 Å². The van der Waals surface area contributed by atoms with Crippen LogP contribution in [-0.2, 0) is 0 Å². The summed E-state index contributed by atoms with van der Waals surface area (Å²) in [5.74, 6) is -3.52. The van der Waals surface area contributed by atoms with E-state index in [2.05, 4.69) is 0 Å². The molecule has 0 saturated carbocycles. The lowest BCUT2D eigenvalue weighted by molar-refractivity contribution is -0.176. The Labute approximate surface area is 71.0 Å². The van der Waals surface area contributed by atoms with Crippen molar-refractivity contribution in [1.29, 1.82) is 0 Å². The van der Waals surface area contributed by atoms with Gasteiger partial charge in [-0.1, -0.05) is 0 Å². The average Bonchev–Trinajstić information content (AvgIpc) is 1.79. The number of hydrogen-bond acceptors (Lipinski definition) is 0. The van der Waals surface area contributed by atoms with E-state index in [1.165, 1.54) is 0 Å². The molecular formula is C5HF9. The first kappa shape index (κ1) is 13.1. The molecule has 9 heteroatoms. The predicted molar refractivity (Wildman–Crippen MR) is 26.2 cm³/mol. The van der Waals surface area contributed by atoms with Crippen molar-refractivity contribution in [3.05, 3.63) is 11.4 Å². The monoisotopic (exact) mass is 232 g/mol. The van der Waals surface area contributed by atoms with Gasteiger partial charge in [-0.15, -0.1) is 0 Å². The van der Waals surface area contributed by atoms with Crippen molar-refractivity contribution in [3.8, 4) is 0 Å². The van der Waals surface area contributed by atoms with Gasteiger partial charge < -0.3 is 0 Å². The molecule has 14 heavy (non-hydrogen) atoms. The van der Waals surface area contributed by atoms with Gasteiger partial charge >= 0.3 is 12.4 Å². The average molecular weight is 232 g/mol. The minimum Gasteiger partial charge on any atom is -0.205 e. The molecule has 0 aliphatic heterocycles. The Bertz CT molecular complexity index is 213. The van der Waals surface area contributed by atoms with Crippen molar-refractivity contribution in [3.63, 3.8) is 0 Å². The van der Waals surface area contributed by atoms with Gasteiger partial charge in [0.1, 0.15) is 0 Å². The lowest BCUT2D eigenvalue weighted by Crippen LogP contribution is -2.28. The van der Waals surface area contributed by atoms with Gasteiger partial charge in [-0.25, -0.2) is 13.2 Å². The van der Waals surface area contributed by atoms with Crippen LogP contribution in [0.4, 0.5) is 39.5 Å². The van der Waals surface area contributed by atoms with Crippen LogP contribution in [0.2, 0.25) is 0 Å². The van der Waals surface area contributed by atoms with Crippen LogP contribution >= 0.6 is 0 Å². The van der Waals surface area contributed by atoms with Crippen LogP contribution in [0.3, 0.4) is 0 Å². The second kappa shape index (κ2) is 3.70. The molecule has 0 fully saturated rings. The highest BCUT2D eigenvalue weighted by Gasteiger charge is 2.54. The maximum absolute atomic E-state index is 11.9. The third-order valence-electron chi connectivity index (χ3n) is 0.997. The fourth-order valence-corrected chi connectivity index (χ4v) is 0.541. The van der Waals surface area contributed by atoms with E-state index in [4.69, 9.17) is 0 Å². The number of rotatable bonds is 1. The minimum atomic E-state index is -6.20. The Balaban J connectivity index is 5.46. The number of alkyl halides is 8. The molecule has 84 valence electrons. The highest BCUT2D eigenvalue weighted by molar-refractivity contribution is 5.20. The largest absolute Gasteiger partial charge is 0.424 e. The van der Waals surface area contributed by atoms with Crippen LogP contribution in [0.15, 0.2) is 11.4 Å². The molecule has 0 heterocycles. The van der Waals surface area contributed by atoms with Gasteiger partial charge in [0.25, 0.3) is 6.43 Å². The van der Waals surface area contributed by atoms with Gasteiger partial charge in [0, 0.05) is 0 Å². The SMILES string of the molecule is FC(=C(C(F)(F)F)C(F)(F)F)C(F)F. The van der Waals surface area contributed by atoms with Gasteiger partial charge in [0.05, 0.1) is 0 Å². The van der Waals surface area contributed by atoms with Crippen LogP contribution in [-0.4, -0.2) is 18.8 Å². The summed E-state index contributed by atoms with van der Waals surface area (Å²) in [7, 11) is 0. The van der Waals surface area contributed by atoms with Crippen LogP contribution in [0.1, 0.15) is 0 Å². The number of halogens is 9. The van der Waals surface area contributed by atoms with Gasteiger partial charge in [-0.3, -0.25) is 0 Å². The van der Waals surface area contributed by atoms with Crippen molar-refractivity contribution in [1.82, 2.24) is 0 Å². The van der Waals surface area contributed by atoms with E-state index < -0.39 is 30.2 Å². The first-order valence-electron chi connectivity index (χ1n) is 2.80. The fourth-order valence-electron chi connectivity index (χ4n) is 0.541. The Morgan fingerprint density at radius 3 is 1.14 bits per heavy atom. The van der Waals surface area contributed by atoms with Crippen LogP contribution < -0.4 is 0 Å². The summed E-state index contributed by atoms with van der Waals surface area (Å²) in [6.07, 6.45) is -16.8. The second-order valence-electron chi connectivity index (χ2n) is 2.02. The highest BCUT2D eigenvalue weighted by atomic mass is 19.4. The third-order valence-corrected chi connectivity index (χ3v) is 0.997. The quantitative estimate of drug-likeness (QED) is 0.606. The van der Waals surface area contributed by atoms with Crippen LogP contribution in [0.25, 0.3) is 0 Å². The lowest BCUT2D eigenvalue weighted by Gasteiger charge is -2.15. The molecule has 0 rings (SSSR count). The molecule has 0 amide bonds. The normalized spacial score (nSPS) is 13.3. The molecule has 0 aliphatic carbocycles. The maximum atomic E-state index is 11.9. The molecule has 0 spiro atoms. The summed E-state index contributed by atoms with van der Waals surface area (Å²) in [4.78, 5) is 0. The van der Waals surface area contributed by atoms with Crippen LogP contribution in [0.5, 0.6) is 0 Å². The molecule has 0 saturated heterocycles. The fraction of sp³-hybridized carbons (Fsp3) is 0.600. The summed E-state index contributed by atoms with van der Waals surface area (Å²) >= 11 is 0. The molecule has 0 aliphatic rings. The number of allylic oxidation sites excluding steroid dienone is 2. The first-order chi connectivity index (χ1) is 5.98. The van der Waals surface area contributed by atoms with E-state index in [1.54, 1.807) is 0 Å². The van der Waals surface area contributed by atoms with Gasteiger partial charge in [0.15, 0.2) is 11.4 Å². The Kier molecular flexibility index (Phi) is 3.46. The Morgan fingerprint density at radius 2 is 1.07 bits per heavy atom. The van der Waals surface area contributed by atoms with Crippen molar-refractivity contribution >= 4 is 0 Å². The van der Waals surface area contributed by atoms with Gasteiger partial charge in [-0.05, 0) is 0 Å². The Morgan fingerprint density at radius 1 is 0.786 bits per heavy atom. The smallest absolute Gasteiger partial charge is 0.205 e. The molecular weight excluding hydrogens is 231 g/mol. The third kappa shape index (κ3) is 3.11. The summed E-state index contributed by atoms with van der Waals surface area (Å²) in [6, 6.07) is 0. The molecule has 0 radical (unpaired) electrons. The standard InChI is InChI=1S/C5HF9/c6-1(3(7)8)2(4(9,10)11)5(12,13)14/h3H. The Hall–Kier alpha value is -0.890. The van der Waals surface area contributed by atoms with E-state index in [0.717, 1.165) is 0 Å². The van der Waals surface area contributed by atoms with Crippen molar-refractivity contribution < 1.29 is 39.5 Å². The summed E-state index contributed by atoms with van der Waals surface area (Å²) in [6.45, 7) is 0. The maximum Gasteiger partial charge on any atom is 0.424 e. The first-order valence-corrected chi connectivity index (χ1v) is 2.80. The molecule has 0 N–H and O–H groups in total. The summed E-state index contributed by atoms with van der Waals surface area (Å²) < 4.78 is 103. The molecule has 0 aromatic heterocycles. The second-order valence-corrected chi connectivity index (χ2v) is 2.02. The predicted octanol–water partition coefficient (Wildman–Crippen LogP) is 3.60. The number of hydrogen-bond donors (Lipinski definition) is 0. The molecule has 0 nitrogen and oxygen atoms in total. The van der Waals surface area contributed by atoms with Crippen molar-refractivity contribution in [2.45, 2.75) is 18.8 Å². The summed E-state index contributed by atoms with van der Waals surface area (Å²) in [5.41, 5.74) is -3.81. The van der Waals surface area contributed by atoms with Crippen LogP contribution in [0, 0.1) is 0 Å². The zero-order valence-corrected chi connectivity index (χ0v) is 5.98. The van der Waals surface area contributed by atoms with E-state index in [9.17, 15) is 39.5 Å². The topological polar surface area (TPSA) is 0 Å². The van der Waals surface area contributed by atoms with Crippen molar-refractivity contribution in [2.75, 3.05) is 0 Å². The molecule has 0 aromatic carbocycles. The molecule has 0 atom stereocenters. The van der Waals surface area contributed by atoms with E-state index >= 15 is 0 Å². The van der Waals surface area contributed by atoms with Gasteiger partial charge in [-0.2, -0.15) is 26.3 Å². The molecule has 0 bridgehead atoms. The zero-order chi connectivity index (χ0) is 11.7. The van der Waals surface area contributed by atoms with E-state index in [-0.39, 0.29) is 0 Å². The highest BCUT2D eigenvalue weighted by Crippen LogP contribution is 2.42. The summed E-state index contributed by atoms with van der Waals surface area (Å²) in [5, 5.41) is 0. The van der Waals surface area contributed by atoms with E-state index in [1.807, 2.05) is 0 Å². The van der Waals surface area contributed by atoms with Crippen molar-refractivity contribution in [2.24, 2.45) is 0 Å².